The van der Waals surface area contributed by atoms with Crippen LogP contribution in [0.15, 0.2) is 54.7 Å². The van der Waals surface area contributed by atoms with Gasteiger partial charge in [0, 0.05) is 29.9 Å². The number of nitrogens with two attached hydrogens (primary N) is 1. The van der Waals surface area contributed by atoms with E-state index in [2.05, 4.69) is 20.9 Å². The largest absolute Gasteiger partial charge is 0.508 e. The third-order valence-corrected chi connectivity index (χ3v) is 5.37. The van der Waals surface area contributed by atoms with Crippen LogP contribution < -0.4 is 21.7 Å². The number of benzene rings is 2. The summed E-state index contributed by atoms with van der Waals surface area (Å²) < 4.78 is 0. The van der Waals surface area contributed by atoms with Gasteiger partial charge in [0.05, 0.1) is 13.1 Å². The van der Waals surface area contributed by atoms with Crippen LogP contribution in [0.4, 0.5) is 0 Å². The summed E-state index contributed by atoms with van der Waals surface area (Å²) in [4.78, 5) is 51.7. The van der Waals surface area contributed by atoms with E-state index in [1.54, 1.807) is 18.3 Å². The molecule has 0 aliphatic rings. The van der Waals surface area contributed by atoms with E-state index in [-0.39, 0.29) is 25.1 Å². The number of rotatable bonds is 11. The van der Waals surface area contributed by atoms with E-state index in [4.69, 9.17) is 5.73 Å². The molecule has 1 aromatic heterocycles. The smallest absolute Gasteiger partial charge is 0.326 e. The molecule has 184 valence electrons. The van der Waals surface area contributed by atoms with Gasteiger partial charge in [0.25, 0.3) is 0 Å². The number of phenolic OH excluding ortho intramolecular Hbond substituents is 1. The number of H-pyrrole nitrogens is 1. The highest BCUT2D eigenvalue weighted by molar-refractivity contribution is 5.93. The van der Waals surface area contributed by atoms with Crippen molar-refractivity contribution in [3.05, 3.63) is 65.9 Å². The van der Waals surface area contributed by atoms with Crippen LogP contribution in [-0.2, 0) is 32.0 Å². The number of para-hydroxylation sites is 1. The monoisotopic (exact) mass is 481 g/mol. The van der Waals surface area contributed by atoms with Gasteiger partial charge in [-0.25, -0.2) is 4.79 Å². The Hall–Kier alpha value is -4.38. The van der Waals surface area contributed by atoms with Crippen molar-refractivity contribution >= 4 is 34.6 Å². The zero-order valence-corrected chi connectivity index (χ0v) is 18.8. The van der Waals surface area contributed by atoms with E-state index in [0.717, 1.165) is 16.5 Å². The van der Waals surface area contributed by atoms with Gasteiger partial charge in [-0.05, 0) is 29.3 Å². The molecule has 2 atom stereocenters. The molecule has 0 spiro atoms. The number of amides is 3. The molecule has 0 aliphatic heterocycles. The summed E-state index contributed by atoms with van der Waals surface area (Å²) in [6.45, 7) is -0.795. The summed E-state index contributed by atoms with van der Waals surface area (Å²) in [5.74, 6) is -3.06. The molecule has 1 heterocycles. The standard InChI is InChI=1S/C24H27N5O6/c25-11-21(31)28-19(10-15-12-26-18-4-2-1-3-17(15)18)23(33)27-13-22(32)29-20(24(34)35)9-14-5-7-16(30)8-6-14/h1-8,12,19-20,26,30H,9-11,13,25H2,(H,27,33)(H,28,31)(H,29,32)(H,34,35). The molecule has 8 N–H and O–H groups in total. The number of nitrogens with one attached hydrogen (secondary N) is 4. The Morgan fingerprint density at radius 1 is 0.914 bits per heavy atom. The minimum Gasteiger partial charge on any atom is -0.508 e. The van der Waals surface area contributed by atoms with Crippen LogP contribution in [-0.4, -0.2) is 64.1 Å². The SMILES string of the molecule is NCC(=O)NC(Cc1c[nH]c2ccccc12)C(=O)NCC(=O)NC(Cc1ccc(O)cc1)C(=O)O. The maximum atomic E-state index is 12.8. The molecule has 2 aromatic carbocycles. The first-order valence-electron chi connectivity index (χ1n) is 10.9. The molecule has 2 unspecified atom stereocenters. The van der Waals surface area contributed by atoms with Crippen LogP contribution in [0.25, 0.3) is 10.9 Å². The first kappa shape index (κ1) is 25.2. The van der Waals surface area contributed by atoms with Gasteiger partial charge >= 0.3 is 5.97 Å². The first-order valence-corrected chi connectivity index (χ1v) is 10.9. The highest BCUT2D eigenvalue weighted by atomic mass is 16.4. The predicted octanol–water partition coefficient (Wildman–Crippen LogP) is -0.212. The summed E-state index contributed by atoms with van der Waals surface area (Å²) in [7, 11) is 0. The van der Waals surface area contributed by atoms with E-state index in [0.29, 0.717) is 5.56 Å². The summed E-state index contributed by atoms with van der Waals surface area (Å²) in [6.07, 6.45) is 1.89. The highest BCUT2D eigenvalue weighted by Gasteiger charge is 2.24. The molecule has 0 bridgehead atoms. The number of fused-ring (bicyclic) bond motifs is 1. The number of hydrogen-bond acceptors (Lipinski definition) is 6. The molecular weight excluding hydrogens is 454 g/mol. The molecule has 0 saturated carbocycles. The number of aliphatic carboxylic acids is 1. The fraction of sp³-hybridized carbons (Fsp3) is 0.250. The van der Waals surface area contributed by atoms with Crippen molar-refractivity contribution in [1.29, 1.82) is 0 Å². The lowest BCUT2D eigenvalue weighted by Crippen LogP contribution is -2.52. The molecule has 0 fully saturated rings. The first-order chi connectivity index (χ1) is 16.8. The van der Waals surface area contributed by atoms with Crippen LogP contribution in [0.3, 0.4) is 0 Å². The number of aromatic nitrogens is 1. The molecule has 0 saturated heterocycles. The number of phenols is 1. The third-order valence-electron chi connectivity index (χ3n) is 5.37. The lowest BCUT2D eigenvalue weighted by molar-refractivity contribution is -0.141. The van der Waals surface area contributed by atoms with E-state index in [1.165, 1.54) is 12.1 Å². The van der Waals surface area contributed by atoms with Crippen molar-refractivity contribution in [3.63, 3.8) is 0 Å². The Morgan fingerprint density at radius 2 is 1.60 bits per heavy atom. The number of hydrogen-bond donors (Lipinski definition) is 7. The van der Waals surface area contributed by atoms with Crippen molar-refractivity contribution in [2.24, 2.45) is 5.73 Å². The molecule has 3 aromatic rings. The summed E-state index contributed by atoms with van der Waals surface area (Å²) in [5.41, 5.74) is 7.65. The Bertz CT molecular complexity index is 1210. The van der Waals surface area contributed by atoms with E-state index >= 15 is 0 Å². The summed E-state index contributed by atoms with van der Waals surface area (Å²) in [6, 6.07) is 11.2. The van der Waals surface area contributed by atoms with Gasteiger partial charge in [-0.1, -0.05) is 30.3 Å². The minimum atomic E-state index is -1.25. The average molecular weight is 482 g/mol. The van der Waals surface area contributed by atoms with Gasteiger partial charge in [-0.15, -0.1) is 0 Å². The van der Waals surface area contributed by atoms with Gasteiger partial charge in [-0.2, -0.15) is 0 Å². The zero-order valence-electron chi connectivity index (χ0n) is 18.8. The second-order valence-corrected chi connectivity index (χ2v) is 7.93. The van der Waals surface area contributed by atoms with Crippen molar-refractivity contribution in [2.75, 3.05) is 13.1 Å². The van der Waals surface area contributed by atoms with Crippen molar-refractivity contribution in [2.45, 2.75) is 24.9 Å². The Morgan fingerprint density at radius 3 is 2.29 bits per heavy atom. The van der Waals surface area contributed by atoms with Gasteiger partial charge in [0.1, 0.15) is 17.8 Å². The second-order valence-electron chi connectivity index (χ2n) is 7.93. The van der Waals surface area contributed by atoms with Crippen molar-refractivity contribution in [1.82, 2.24) is 20.9 Å². The van der Waals surface area contributed by atoms with Crippen LogP contribution in [0.5, 0.6) is 5.75 Å². The van der Waals surface area contributed by atoms with Gasteiger partial charge in [-0.3, -0.25) is 14.4 Å². The summed E-state index contributed by atoms with van der Waals surface area (Å²) in [5, 5.41) is 27.1. The number of carbonyl (C=O) groups excluding carboxylic acids is 3. The van der Waals surface area contributed by atoms with Crippen LogP contribution in [0.2, 0.25) is 0 Å². The number of aromatic hydroxyl groups is 1. The normalized spacial score (nSPS) is 12.5. The van der Waals surface area contributed by atoms with Crippen LogP contribution in [0, 0.1) is 0 Å². The maximum absolute atomic E-state index is 12.8. The molecule has 35 heavy (non-hydrogen) atoms. The predicted molar refractivity (Wildman–Crippen MR) is 127 cm³/mol. The maximum Gasteiger partial charge on any atom is 0.326 e. The number of carboxylic acid groups (broad SMARTS) is 1. The summed E-state index contributed by atoms with van der Waals surface area (Å²) >= 11 is 0. The Balaban J connectivity index is 1.61. The Labute approximate surface area is 200 Å². The van der Waals surface area contributed by atoms with Gasteiger partial charge in [0.15, 0.2) is 0 Å². The third kappa shape index (κ3) is 7.05. The van der Waals surface area contributed by atoms with Gasteiger partial charge in [0.2, 0.25) is 17.7 Å². The molecule has 3 rings (SSSR count). The molecular formula is C24H27N5O6. The van der Waals surface area contributed by atoms with Crippen molar-refractivity contribution in [3.8, 4) is 5.75 Å². The Kier molecular flexibility index (Phi) is 8.41. The van der Waals surface area contributed by atoms with Gasteiger partial charge < -0.3 is 36.9 Å². The van der Waals surface area contributed by atoms with E-state index in [1.807, 2.05) is 24.3 Å². The molecule has 11 nitrogen and oxygen atoms in total. The van der Waals surface area contributed by atoms with Crippen LogP contribution >= 0.6 is 0 Å². The lowest BCUT2D eigenvalue weighted by Gasteiger charge is -2.19. The molecule has 0 aliphatic carbocycles. The number of carbonyl (C=O) groups is 4. The second kappa shape index (κ2) is 11.7. The molecule has 0 radical (unpaired) electrons. The van der Waals surface area contributed by atoms with Crippen molar-refractivity contribution < 1.29 is 29.4 Å². The fourth-order valence-corrected chi connectivity index (χ4v) is 3.59. The minimum absolute atomic E-state index is 0.00888. The lowest BCUT2D eigenvalue weighted by atomic mass is 10.0. The topological polar surface area (TPSA) is 187 Å². The highest BCUT2D eigenvalue weighted by Crippen LogP contribution is 2.19. The molecule has 3 amide bonds. The average Bonchev–Trinajstić information content (AvgIpc) is 3.25. The molecule has 11 heteroatoms. The zero-order chi connectivity index (χ0) is 25.4. The number of aromatic amines is 1. The fourth-order valence-electron chi connectivity index (χ4n) is 3.59. The van der Waals surface area contributed by atoms with E-state index < -0.39 is 42.3 Å². The van der Waals surface area contributed by atoms with E-state index in [9.17, 15) is 29.4 Å². The van der Waals surface area contributed by atoms with Crippen LogP contribution in [0.1, 0.15) is 11.1 Å². The quantitative estimate of drug-likeness (QED) is 0.197. The number of carboxylic acids is 1.